The smallest absolute Gasteiger partial charge is 0.204 e. The first-order valence-electron chi connectivity index (χ1n) is 7.39. The molecule has 0 aliphatic rings. The lowest BCUT2D eigenvalue weighted by Crippen LogP contribution is -2.02. The van der Waals surface area contributed by atoms with E-state index in [-0.39, 0.29) is 22.1 Å². The summed E-state index contributed by atoms with van der Waals surface area (Å²) in [6, 6.07) is 12.0. The highest BCUT2D eigenvalue weighted by atomic mass is 16.3. The van der Waals surface area contributed by atoms with E-state index in [4.69, 9.17) is 4.42 Å². The molecule has 0 saturated carbocycles. The van der Waals surface area contributed by atoms with Gasteiger partial charge in [-0.15, -0.1) is 0 Å². The van der Waals surface area contributed by atoms with Crippen LogP contribution in [0.4, 0.5) is 0 Å². The van der Waals surface area contributed by atoms with Crippen molar-refractivity contribution in [3.63, 3.8) is 0 Å². The maximum Gasteiger partial charge on any atom is 0.204 e. The highest BCUT2D eigenvalue weighted by Crippen LogP contribution is 2.40. The fourth-order valence-electron chi connectivity index (χ4n) is 2.84. The van der Waals surface area contributed by atoms with Crippen LogP contribution < -0.4 is 5.43 Å². The molecule has 1 aromatic heterocycles. The summed E-state index contributed by atoms with van der Waals surface area (Å²) in [7, 11) is 0. The average Bonchev–Trinajstić information content (AvgIpc) is 2.59. The number of benzene rings is 3. The molecule has 124 valence electrons. The van der Waals surface area contributed by atoms with Gasteiger partial charge in [-0.2, -0.15) is 0 Å². The van der Waals surface area contributed by atoms with Crippen LogP contribution in [-0.4, -0.2) is 20.4 Å². The van der Waals surface area contributed by atoms with E-state index >= 15 is 0 Å². The SMILES string of the molecule is O=c1c2ccccc2oc2cc(-c3cc(O)c(O)c(O)c3)cc(O)c12. The number of phenolic OH excluding ortho intramolecular Hbond substituents is 4. The Bertz CT molecular complexity index is 1180. The third-order valence-electron chi connectivity index (χ3n) is 4.06. The second kappa shape index (κ2) is 5.17. The van der Waals surface area contributed by atoms with Gasteiger partial charge in [0.25, 0.3) is 0 Å². The van der Waals surface area contributed by atoms with Crippen LogP contribution in [0.15, 0.2) is 57.7 Å². The topological polar surface area (TPSA) is 111 Å². The summed E-state index contributed by atoms with van der Waals surface area (Å²) in [5, 5.41) is 39.5. The Kier molecular flexibility index (Phi) is 3.08. The van der Waals surface area contributed by atoms with Crippen LogP contribution in [-0.2, 0) is 0 Å². The standard InChI is InChI=1S/C19H12O6/c20-12-5-10(9-6-13(21)19(24)14(22)7-9)8-16-17(12)18(23)11-3-1-2-4-15(11)25-16/h1-8,20-22,24H. The van der Waals surface area contributed by atoms with Gasteiger partial charge < -0.3 is 24.8 Å². The summed E-state index contributed by atoms with van der Waals surface area (Å²) in [6.45, 7) is 0. The van der Waals surface area contributed by atoms with E-state index in [0.717, 1.165) is 0 Å². The third-order valence-corrected chi connectivity index (χ3v) is 4.06. The highest BCUT2D eigenvalue weighted by Gasteiger charge is 2.15. The molecule has 0 bridgehead atoms. The van der Waals surface area contributed by atoms with Gasteiger partial charge in [-0.25, -0.2) is 0 Å². The van der Waals surface area contributed by atoms with Crippen molar-refractivity contribution in [1.82, 2.24) is 0 Å². The molecule has 0 saturated heterocycles. The second-order valence-corrected chi connectivity index (χ2v) is 5.66. The van der Waals surface area contributed by atoms with Gasteiger partial charge in [0.2, 0.25) is 5.43 Å². The minimum absolute atomic E-state index is 0.0506. The van der Waals surface area contributed by atoms with Gasteiger partial charge in [-0.1, -0.05) is 12.1 Å². The van der Waals surface area contributed by atoms with Crippen LogP contribution in [0.1, 0.15) is 0 Å². The molecule has 0 atom stereocenters. The summed E-state index contributed by atoms with van der Waals surface area (Å²) in [5.74, 6) is -1.92. The quantitative estimate of drug-likeness (QED) is 0.313. The van der Waals surface area contributed by atoms with Crippen molar-refractivity contribution in [2.75, 3.05) is 0 Å². The lowest BCUT2D eigenvalue weighted by Gasteiger charge is -2.09. The van der Waals surface area contributed by atoms with E-state index in [1.54, 1.807) is 24.3 Å². The van der Waals surface area contributed by atoms with E-state index in [9.17, 15) is 25.2 Å². The molecule has 0 amide bonds. The lowest BCUT2D eigenvalue weighted by atomic mass is 10.0. The molecule has 4 rings (SSSR count). The maximum atomic E-state index is 12.6. The van der Waals surface area contributed by atoms with E-state index in [2.05, 4.69) is 0 Å². The fraction of sp³-hybridized carbons (Fsp3) is 0. The Balaban J connectivity index is 2.05. The molecule has 0 radical (unpaired) electrons. The molecular formula is C19H12O6. The number of para-hydroxylation sites is 1. The molecule has 4 N–H and O–H groups in total. The van der Waals surface area contributed by atoms with Crippen LogP contribution in [0.3, 0.4) is 0 Å². The first-order valence-corrected chi connectivity index (χ1v) is 7.39. The predicted molar refractivity (Wildman–Crippen MR) is 92.1 cm³/mol. The van der Waals surface area contributed by atoms with Crippen LogP contribution >= 0.6 is 0 Å². The molecule has 3 aromatic carbocycles. The average molecular weight is 336 g/mol. The second-order valence-electron chi connectivity index (χ2n) is 5.66. The Hall–Kier alpha value is -3.67. The summed E-state index contributed by atoms with van der Waals surface area (Å²) in [4.78, 5) is 12.6. The lowest BCUT2D eigenvalue weighted by molar-refractivity contribution is 0.368. The number of aromatic hydroxyl groups is 4. The normalized spacial score (nSPS) is 11.2. The zero-order valence-electron chi connectivity index (χ0n) is 12.7. The zero-order chi connectivity index (χ0) is 17.7. The van der Waals surface area contributed by atoms with Crippen molar-refractivity contribution in [1.29, 1.82) is 0 Å². The predicted octanol–water partition coefficient (Wildman–Crippen LogP) is 3.44. The Labute approximate surface area is 140 Å². The van der Waals surface area contributed by atoms with Gasteiger partial charge >= 0.3 is 0 Å². The first-order chi connectivity index (χ1) is 12.0. The number of hydrogen-bond donors (Lipinski definition) is 4. The van der Waals surface area contributed by atoms with Crippen LogP contribution in [0, 0.1) is 0 Å². The highest BCUT2D eigenvalue weighted by molar-refractivity contribution is 5.95. The summed E-state index contributed by atoms with van der Waals surface area (Å²) < 4.78 is 5.72. The Morgan fingerprint density at radius 2 is 1.32 bits per heavy atom. The van der Waals surface area contributed by atoms with Gasteiger partial charge in [-0.05, 0) is 47.5 Å². The number of phenols is 4. The number of hydrogen-bond acceptors (Lipinski definition) is 6. The zero-order valence-corrected chi connectivity index (χ0v) is 12.7. The van der Waals surface area contributed by atoms with Crippen molar-refractivity contribution in [2.24, 2.45) is 0 Å². The van der Waals surface area contributed by atoms with Gasteiger partial charge in [0.15, 0.2) is 17.2 Å². The minimum atomic E-state index is -0.633. The minimum Gasteiger partial charge on any atom is -0.507 e. The summed E-state index contributed by atoms with van der Waals surface area (Å²) in [6.07, 6.45) is 0. The van der Waals surface area contributed by atoms with E-state index in [1.165, 1.54) is 24.3 Å². The molecule has 0 spiro atoms. The summed E-state index contributed by atoms with van der Waals surface area (Å²) in [5.41, 5.74) is 0.936. The van der Waals surface area contributed by atoms with Crippen molar-refractivity contribution in [3.8, 4) is 34.1 Å². The molecule has 4 aromatic rings. The molecule has 0 unspecified atom stereocenters. The van der Waals surface area contributed by atoms with Crippen LogP contribution in [0.25, 0.3) is 33.1 Å². The molecule has 0 aliphatic carbocycles. The molecule has 6 heteroatoms. The van der Waals surface area contributed by atoms with Crippen molar-refractivity contribution in [3.05, 3.63) is 58.8 Å². The van der Waals surface area contributed by atoms with Crippen molar-refractivity contribution < 1.29 is 24.8 Å². The van der Waals surface area contributed by atoms with Crippen molar-refractivity contribution in [2.45, 2.75) is 0 Å². The molecule has 6 nitrogen and oxygen atoms in total. The van der Waals surface area contributed by atoms with E-state index in [1.807, 2.05) is 0 Å². The number of fused-ring (bicyclic) bond motifs is 2. The molecule has 1 heterocycles. The molecule has 0 aliphatic heterocycles. The molecule has 25 heavy (non-hydrogen) atoms. The largest absolute Gasteiger partial charge is 0.507 e. The third kappa shape index (κ3) is 2.23. The fourth-order valence-corrected chi connectivity index (χ4v) is 2.84. The Morgan fingerprint density at radius 1 is 0.720 bits per heavy atom. The molecular weight excluding hydrogens is 324 g/mol. The monoisotopic (exact) mass is 336 g/mol. The van der Waals surface area contributed by atoms with E-state index < -0.39 is 17.2 Å². The van der Waals surface area contributed by atoms with Crippen LogP contribution in [0.5, 0.6) is 23.0 Å². The first kappa shape index (κ1) is 14.9. The number of rotatable bonds is 1. The Morgan fingerprint density at radius 3 is 2.04 bits per heavy atom. The van der Waals surface area contributed by atoms with Gasteiger partial charge in [0.05, 0.1) is 5.39 Å². The van der Waals surface area contributed by atoms with Gasteiger partial charge in [0.1, 0.15) is 22.3 Å². The van der Waals surface area contributed by atoms with Gasteiger partial charge in [-0.3, -0.25) is 4.79 Å². The van der Waals surface area contributed by atoms with Gasteiger partial charge in [0, 0.05) is 0 Å². The maximum absolute atomic E-state index is 12.6. The van der Waals surface area contributed by atoms with E-state index in [0.29, 0.717) is 22.1 Å². The summed E-state index contributed by atoms with van der Waals surface area (Å²) >= 11 is 0. The van der Waals surface area contributed by atoms with Crippen molar-refractivity contribution >= 4 is 21.9 Å². The molecule has 0 fully saturated rings. The van der Waals surface area contributed by atoms with Crippen LogP contribution in [0.2, 0.25) is 0 Å².